The molecule has 0 heterocycles. The number of carbonyl (C=O) groups is 4. The van der Waals surface area contributed by atoms with E-state index in [9.17, 15) is 19.2 Å². The predicted molar refractivity (Wildman–Crippen MR) is 76.6 cm³/mol. The molecule has 0 aliphatic rings. The number of carbonyl (C=O) groups excluding carboxylic acids is 4. The summed E-state index contributed by atoms with van der Waals surface area (Å²) in [7, 11) is 0. The van der Waals surface area contributed by atoms with E-state index in [1.165, 1.54) is 6.92 Å². The second kappa shape index (κ2) is 8.93. The lowest BCUT2D eigenvalue weighted by Crippen LogP contribution is -2.54. The molecule has 6 N–H and O–H groups in total. The van der Waals surface area contributed by atoms with Gasteiger partial charge in [0, 0.05) is 13.3 Å². The third-order valence-corrected chi connectivity index (χ3v) is 3.19. The quantitative estimate of drug-likeness (QED) is 0.422. The Labute approximate surface area is 124 Å². The van der Waals surface area contributed by atoms with Crippen molar-refractivity contribution in [3.8, 4) is 0 Å². The smallest absolute Gasteiger partial charge is 0.243 e. The summed E-state index contributed by atoms with van der Waals surface area (Å²) in [5.41, 5.74) is 10.3. The summed E-state index contributed by atoms with van der Waals surface area (Å²) in [6, 6.07) is -1.76. The van der Waals surface area contributed by atoms with Crippen LogP contribution in [0.3, 0.4) is 0 Å². The molecule has 0 rings (SSSR count). The number of nitrogens with two attached hydrogens (primary N) is 2. The number of amides is 4. The van der Waals surface area contributed by atoms with E-state index in [1.54, 1.807) is 6.92 Å². The Kier molecular flexibility index (Phi) is 8.03. The first-order valence-corrected chi connectivity index (χ1v) is 6.84. The van der Waals surface area contributed by atoms with Crippen molar-refractivity contribution in [1.82, 2.24) is 10.6 Å². The molecule has 0 aliphatic carbocycles. The summed E-state index contributed by atoms with van der Waals surface area (Å²) >= 11 is 0. The molecule has 0 spiro atoms. The highest BCUT2D eigenvalue weighted by molar-refractivity contribution is 5.91. The molecule has 0 bridgehead atoms. The van der Waals surface area contributed by atoms with Crippen LogP contribution in [0.15, 0.2) is 0 Å². The van der Waals surface area contributed by atoms with Gasteiger partial charge in [0.1, 0.15) is 12.1 Å². The van der Waals surface area contributed by atoms with Gasteiger partial charge in [-0.3, -0.25) is 19.2 Å². The molecule has 8 heteroatoms. The molecule has 21 heavy (non-hydrogen) atoms. The van der Waals surface area contributed by atoms with Crippen LogP contribution in [0, 0.1) is 5.92 Å². The van der Waals surface area contributed by atoms with E-state index in [4.69, 9.17) is 11.5 Å². The Morgan fingerprint density at radius 2 is 1.67 bits per heavy atom. The summed E-state index contributed by atoms with van der Waals surface area (Å²) in [5, 5.41) is 4.94. The van der Waals surface area contributed by atoms with Crippen molar-refractivity contribution >= 4 is 23.6 Å². The van der Waals surface area contributed by atoms with Gasteiger partial charge in [-0.2, -0.15) is 0 Å². The van der Waals surface area contributed by atoms with E-state index in [-0.39, 0.29) is 18.8 Å². The Morgan fingerprint density at radius 1 is 1.10 bits per heavy atom. The Bertz CT molecular complexity index is 411. The molecule has 0 aromatic heterocycles. The largest absolute Gasteiger partial charge is 0.370 e. The molecule has 3 atom stereocenters. The minimum Gasteiger partial charge on any atom is -0.370 e. The maximum absolute atomic E-state index is 12.1. The SMILES string of the molecule is CC[C@H](C)[C@H](NC(=O)[C@H](CCC(N)=O)NC(C)=O)C(N)=O. The van der Waals surface area contributed by atoms with Crippen LogP contribution in [-0.2, 0) is 19.2 Å². The molecule has 0 aromatic rings. The van der Waals surface area contributed by atoms with Crippen LogP contribution in [0.2, 0.25) is 0 Å². The first-order chi connectivity index (χ1) is 9.68. The number of hydrogen-bond donors (Lipinski definition) is 4. The first-order valence-electron chi connectivity index (χ1n) is 6.84. The van der Waals surface area contributed by atoms with E-state index < -0.39 is 35.7 Å². The van der Waals surface area contributed by atoms with Gasteiger partial charge in [-0.05, 0) is 12.3 Å². The lowest BCUT2D eigenvalue weighted by atomic mass is 9.98. The number of rotatable bonds is 9. The molecule has 120 valence electrons. The predicted octanol–water partition coefficient (Wildman–Crippen LogP) is -1.23. The Balaban J connectivity index is 4.87. The van der Waals surface area contributed by atoms with Gasteiger partial charge in [0.05, 0.1) is 0 Å². The summed E-state index contributed by atoms with van der Waals surface area (Å²) < 4.78 is 0. The van der Waals surface area contributed by atoms with Crippen molar-refractivity contribution in [3.05, 3.63) is 0 Å². The van der Waals surface area contributed by atoms with Crippen molar-refractivity contribution < 1.29 is 19.2 Å². The van der Waals surface area contributed by atoms with E-state index in [0.29, 0.717) is 6.42 Å². The summed E-state index contributed by atoms with van der Waals surface area (Å²) in [4.78, 5) is 45.4. The minimum atomic E-state index is -0.930. The molecular weight excluding hydrogens is 276 g/mol. The minimum absolute atomic E-state index is 0.0526. The third-order valence-electron chi connectivity index (χ3n) is 3.19. The topological polar surface area (TPSA) is 144 Å². The summed E-state index contributed by atoms with van der Waals surface area (Å²) in [6.45, 7) is 4.91. The molecule has 0 fully saturated rings. The van der Waals surface area contributed by atoms with E-state index in [0.717, 1.165) is 0 Å². The lowest BCUT2D eigenvalue weighted by Gasteiger charge is -2.24. The van der Waals surface area contributed by atoms with Gasteiger partial charge in [0.15, 0.2) is 0 Å². The van der Waals surface area contributed by atoms with Crippen molar-refractivity contribution in [2.24, 2.45) is 17.4 Å². The van der Waals surface area contributed by atoms with Crippen molar-refractivity contribution in [1.29, 1.82) is 0 Å². The maximum Gasteiger partial charge on any atom is 0.243 e. The van der Waals surface area contributed by atoms with Gasteiger partial charge < -0.3 is 22.1 Å². The lowest BCUT2D eigenvalue weighted by molar-refractivity contribution is -0.132. The molecule has 0 saturated heterocycles. The average molecular weight is 300 g/mol. The molecule has 0 aromatic carbocycles. The molecule has 8 nitrogen and oxygen atoms in total. The highest BCUT2D eigenvalue weighted by Crippen LogP contribution is 2.08. The summed E-state index contributed by atoms with van der Waals surface area (Å²) in [6.07, 6.45) is 0.662. The molecule has 4 amide bonds. The van der Waals surface area contributed by atoms with Gasteiger partial charge in [-0.15, -0.1) is 0 Å². The first kappa shape index (κ1) is 18.9. The van der Waals surface area contributed by atoms with Gasteiger partial charge in [-0.25, -0.2) is 0 Å². The third kappa shape index (κ3) is 7.28. The zero-order valence-corrected chi connectivity index (χ0v) is 12.6. The van der Waals surface area contributed by atoms with Crippen molar-refractivity contribution in [2.75, 3.05) is 0 Å². The highest BCUT2D eigenvalue weighted by atomic mass is 16.2. The Morgan fingerprint density at radius 3 is 2.05 bits per heavy atom. The second-order valence-electron chi connectivity index (χ2n) is 5.03. The highest BCUT2D eigenvalue weighted by Gasteiger charge is 2.28. The van der Waals surface area contributed by atoms with Crippen LogP contribution in [0.4, 0.5) is 0 Å². The average Bonchev–Trinajstić information content (AvgIpc) is 2.38. The van der Waals surface area contributed by atoms with Gasteiger partial charge in [0.25, 0.3) is 0 Å². The van der Waals surface area contributed by atoms with Gasteiger partial charge >= 0.3 is 0 Å². The van der Waals surface area contributed by atoms with Crippen molar-refractivity contribution in [2.45, 2.75) is 52.1 Å². The van der Waals surface area contributed by atoms with E-state index >= 15 is 0 Å². The normalized spacial score (nSPS) is 14.6. The van der Waals surface area contributed by atoms with Crippen LogP contribution in [0.1, 0.15) is 40.0 Å². The van der Waals surface area contributed by atoms with Crippen LogP contribution in [0.5, 0.6) is 0 Å². The van der Waals surface area contributed by atoms with Crippen LogP contribution >= 0.6 is 0 Å². The number of hydrogen-bond acceptors (Lipinski definition) is 4. The van der Waals surface area contributed by atoms with Crippen LogP contribution in [-0.4, -0.2) is 35.7 Å². The molecule has 0 aliphatic heterocycles. The maximum atomic E-state index is 12.1. The monoisotopic (exact) mass is 300 g/mol. The molecule has 0 unspecified atom stereocenters. The molecule has 0 saturated carbocycles. The fourth-order valence-corrected chi connectivity index (χ4v) is 1.78. The van der Waals surface area contributed by atoms with Gasteiger partial charge in [-0.1, -0.05) is 20.3 Å². The fourth-order valence-electron chi connectivity index (χ4n) is 1.78. The van der Waals surface area contributed by atoms with Gasteiger partial charge in [0.2, 0.25) is 23.6 Å². The fraction of sp³-hybridized carbons (Fsp3) is 0.692. The van der Waals surface area contributed by atoms with Crippen LogP contribution < -0.4 is 22.1 Å². The zero-order valence-electron chi connectivity index (χ0n) is 12.6. The number of nitrogens with one attached hydrogen (secondary N) is 2. The second-order valence-corrected chi connectivity index (χ2v) is 5.03. The molecular formula is C13H24N4O4. The Hall–Kier alpha value is -2.12. The summed E-state index contributed by atoms with van der Waals surface area (Å²) in [5.74, 6) is -2.34. The van der Waals surface area contributed by atoms with E-state index in [2.05, 4.69) is 10.6 Å². The van der Waals surface area contributed by atoms with E-state index in [1.807, 2.05) is 6.92 Å². The van der Waals surface area contributed by atoms with Crippen LogP contribution in [0.25, 0.3) is 0 Å². The standard InChI is InChI=1S/C13H24N4O4/c1-4-7(2)11(12(15)20)17-13(21)9(16-8(3)18)5-6-10(14)19/h7,9,11H,4-6H2,1-3H3,(H2,14,19)(H2,15,20)(H,16,18)(H,17,21)/t7-,9-,11-/m0/s1. The number of primary amides is 2. The molecule has 0 radical (unpaired) electrons. The van der Waals surface area contributed by atoms with Crippen molar-refractivity contribution in [3.63, 3.8) is 0 Å². The zero-order chi connectivity index (χ0) is 16.6.